The van der Waals surface area contributed by atoms with E-state index < -0.39 is 5.97 Å². The molecule has 1 aliphatic rings. The molecule has 0 bridgehead atoms. The molecule has 0 saturated carbocycles. The van der Waals surface area contributed by atoms with Crippen LogP contribution in [-0.4, -0.2) is 23.0 Å². The fourth-order valence-corrected chi connectivity index (χ4v) is 4.56. The van der Waals surface area contributed by atoms with Gasteiger partial charge >= 0.3 is 5.97 Å². The number of carbonyl (C=O) groups is 1. The van der Waals surface area contributed by atoms with Gasteiger partial charge in [-0.05, 0) is 30.9 Å². The van der Waals surface area contributed by atoms with Gasteiger partial charge in [-0.3, -0.25) is 4.79 Å². The van der Waals surface area contributed by atoms with E-state index in [0.717, 1.165) is 36.1 Å². The van der Waals surface area contributed by atoms with Gasteiger partial charge < -0.3 is 9.72 Å². The highest BCUT2D eigenvalue weighted by Gasteiger charge is 2.18. The van der Waals surface area contributed by atoms with E-state index >= 15 is 0 Å². The minimum atomic E-state index is -0.396. The van der Waals surface area contributed by atoms with Crippen LogP contribution in [-0.2, 0) is 23.3 Å². The smallest absolute Gasteiger partial charge is 0.348 e. The zero-order chi connectivity index (χ0) is 15.7. The van der Waals surface area contributed by atoms with Crippen LogP contribution in [0.5, 0.6) is 0 Å². The van der Waals surface area contributed by atoms with Gasteiger partial charge in [-0.25, -0.2) is 9.78 Å². The van der Waals surface area contributed by atoms with Crippen LogP contribution in [0.25, 0.3) is 0 Å². The molecule has 2 aromatic heterocycles. The van der Waals surface area contributed by atoms with Crippen molar-refractivity contribution in [2.24, 2.45) is 0 Å². The van der Waals surface area contributed by atoms with Crippen LogP contribution in [0.3, 0.4) is 0 Å². The van der Waals surface area contributed by atoms with Crippen LogP contribution in [0, 0.1) is 0 Å². The second kappa shape index (κ2) is 6.44. The molecule has 3 rings (SSSR count). The van der Waals surface area contributed by atoms with E-state index in [4.69, 9.17) is 11.6 Å². The molecule has 0 unspecified atom stereocenters. The maximum Gasteiger partial charge on any atom is 0.348 e. The average molecular weight is 357 g/mol. The average Bonchev–Trinajstić information content (AvgIpc) is 3.11. The first-order valence-electron chi connectivity index (χ1n) is 6.70. The summed E-state index contributed by atoms with van der Waals surface area (Å²) >= 11 is 8.74. The van der Waals surface area contributed by atoms with Gasteiger partial charge in [-0.1, -0.05) is 23.4 Å². The molecule has 0 radical (unpaired) electrons. The summed E-state index contributed by atoms with van der Waals surface area (Å²) in [7, 11) is 1.34. The van der Waals surface area contributed by atoms with Crippen molar-refractivity contribution in [3.8, 4) is 0 Å². The minimum absolute atomic E-state index is 0.0448. The van der Waals surface area contributed by atoms with Crippen molar-refractivity contribution in [1.82, 2.24) is 9.97 Å². The third-order valence-corrected chi connectivity index (χ3v) is 5.77. The number of methoxy groups -OCH3 is 1. The molecule has 0 atom stereocenters. The lowest BCUT2D eigenvalue weighted by atomic mass is 10.3. The number of ether oxygens (including phenoxy) is 1. The van der Waals surface area contributed by atoms with E-state index in [1.165, 1.54) is 30.2 Å². The predicted octanol–water partition coefficient (Wildman–Crippen LogP) is 3.05. The zero-order valence-corrected chi connectivity index (χ0v) is 14.2. The topological polar surface area (TPSA) is 72.0 Å². The minimum Gasteiger partial charge on any atom is -0.465 e. The van der Waals surface area contributed by atoms with E-state index in [1.54, 1.807) is 6.07 Å². The van der Waals surface area contributed by atoms with Crippen LogP contribution < -0.4 is 5.56 Å². The van der Waals surface area contributed by atoms with Gasteiger partial charge in [0.25, 0.3) is 5.56 Å². The molecule has 22 heavy (non-hydrogen) atoms. The number of nitrogens with one attached hydrogen (secondary N) is 1. The lowest BCUT2D eigenvalue weighted by molar-refractivity contribution is 0.0606. The van der Waals surface area contributed by atoms with Crippen LogP contribution >= 0.6 is 34.7 Å². The van der Waals surface area contributed by atoms with Gasteiger partial charge in [0, 0.05) is 11.3 Å². The Hall–Kier alpha value is -1.31. The lowest BCUT2D eigenvalue weighted by Gasteiger charge is -2.03. The summed E-state index contributed by atoms with van der Waals surface area (Å²) in [6.45, 7) is 0. The van der Waals surface area contributed by atoms with Crippen molar-refractivity contribution in [2.75, 3.05) is 7.11 Å². The Kier molecular flexibility index (Phi) is 4.56. The second-order valence-corrected chi connectivity index (χ2v) is 7.46. The molecule has 5 nitrogen and oxygen atoms in total. The number of fused-ring (bicyclic) bond motifs is 1. The Morgan fingerprint density at radius 1 is 1.55 bits per heavy atom. The molecule has 0 amide bonds. The Bertz CT molecular complexity index is 785. The van der Waals surface area contributed by atoms with E-state index in [9.17, 15) is 9.59 Å². The number of aromatic amines is 1. The second-order valence-electron chi connectivity index (χ2n) is 4.84. The summed E-state index contributed by atoms with van der Waals surface area (Å²) in [5.74, 6) is 0.140. The predicted molar refractivity (Wildman–Crippen MR) is 87.1 cm³/mol. The van der Waals surface area contributed by atoms with Crippen LogP contribution in [0.2, 0.25) is 4.34 Å². The summed E-state index contributed by atoms with van der Waals surface area (Å²) in [6.07, 6.45) is 2.65. The summed E-state index contributed by atoms with van der Waals surface area (Å²) < 4.78 is 5.23. The molecule has 8 heteroatoms. The number of halogens is 1. The number of carbonyl (C=O) groups excluding carboxylic acids is 1. The number of aromatic nitrogens is 2. The Morgan fingerprint density at radius 2 is 2.36 bits per heavy atom. The number of hydrogen-bond donors (Lipinski definition) is 1. The number of rotatable bonds is 4. The molecule has 0 fully saturated rings. The van der Waals surface area contributed by atoms with Gasteiger partial charge in [-0.15, -0.1) is 11.3 Å². The van der Waals surface area contributed by atoms with Gasteiger partial charge in [0.05, 0.1) is 17.1 Å². The standard InChI is InChI=1S/C14H13ClN2O3S2/c1-20-13(19)10-5-7(11(15)22-10)6-21-14-16-9-4-2-3-8(9)12(18)17-14/h5H,2-4,6H2,1H3,(H,16,17,18). The molecular weight excluding hydrogens is 344 g/mol. The van der Waals surface area contributed by atoms with Crippen molar-refractivity contribution in [1.29, 1.82) is 0 Å². The fourth-order valence-electron chi connectivity index (χ4n) is 2.34. The van der Waals surface area contributed by atoms with Gasteiger partial charge in [-0.2, -0.15) is 0 Å². The molecule has 0 spiro atoms. The number of thioether (sulfide) groups is 1. The van der Waals surface area contributed by atoms with Crippen molar-refractivity contribution in [3.05, 3.63) is 42.5 Å². The summed E-state index contributed by atoms with van der Waals surface area (Å²) in [5.41, 5.74) is 2.50. The Labute approximate surface area is 140 Å². The largest absolute Gasteiger partial charge is 0.465 e. The van der Waals surface area contributed by atoms with Gasteiger partial charge in [0.2, 0.25) is 0 Å². The van der Waals surface area contributed by atoms with E-state index in [2.05, 4.69) is 14.7 Å². The Balaban J connectivity index is 1.76. The summed E-state index contributed by atoms with van der Waals surface area (Å²) in [4.78, 5) is 31.2. The number of nitrogens with zero attached hydrogens (tertiary/aromatic N) is 1. The third-order valence-electron chi connectivity index (χ3n) is 3.43. The van der Waals surface area contributed by atoms with Crippen molar-refractivity contribution in [3.63, 3.8) is 0 Å². The highest BCUT2D eigenvalue weighted by molar-refractivity contribution is 7.98. The molecule has 0 aromatic carbocycles. The maximum atomic E-state index is 11.9. The van der Waals surface area contributed by atoms with E-state index in [1.807, 2.05) is 0 Å². The van der Waals surface area contributed by atoms with Crippen LogP contribution in [0.1, 0.15) is 32.9 Å². The molecule has 1 N–H and O–H groups in total. The molecule has 0 saturated heterocycles. The van der Waals surface area contributed by atoms with Crippen molar-refractivity contribution < 1.29 is 9.53 Å². The van der Waals surface area contributed by atoms with Crippen molar-refractivity contribution >= 4 is 40.7 Å². The zero-order valence-electron chi connectivity index (χ0n) is 11.8. The fraction of sp³-hybridized carbons (Fsp3) is 0.357. The van der Waals surface area contributed by atoms with Crippen LogP contribution in [0.4, 0.5) is 0 Å². The highest BCUT2D eigenvalue weighted by atomic mass is 35.5. The SMILES string of the molecule is COC(=O)c1cc(CSc2nc3c(c(=O)[nH]2)CCC3)c(Cl)s1. The van der Waals surface area contributed by atoms with Gasteiger partial charge in [0.15, 0.2) is 5.16 Å². The van der Waals surface area contributed by atoms with E-state index in [-0.39, 0.29) is 5.56 Å². The van der Waals surface area contributed by atoms with Crippen molar-refractivity contribution in [2.45, 2.75) is 30.2 Å². The number of aryl methyl sites for hydroxylation is 1. The number of esters is 1. The number of H-pyrrole nitrogens is 1. The van der Waals surface area contributed by atoms with E-state index in [0.29, 0.717) is 20.1 Å². The molecular formula is C14H13ClN2O3S2. The summed E-state index contributed by atoms with van der Waals surface area (Å²) in [6, 6.07) is 1.72. The summed E-state index contributed by atoms with van der Waals surface area (Å²) in [5, 5.41) is 0.590. The van der Waals surface area contributed by atoms with Crippen LogP contribution in [0.15, 0.2) is 16.0 Å². The first-order valence-corrected chi connectivity index (χ1v) is 8.88. The first-order chi connectivity index (χ1) is 10.6. The quantitative estimate of drug-likeness (QED) is 0.518. The maximum absolute atomic E-state index is 11.9. The third kappa shape index (κ3) is 3.06. The Morgan fingerprint density at radius 3 is 3.14 bits per heavy atom. The lowest BCUT2D eigenvalue weighted by Crippen LogP contribution is -2.14. The molecule has 0 aliphatic heterocycles. The first kappa shape index (κ1) is 15.6. The molecule has 2 heterocycles. The number of thiophene rings is 1. The highest BCUT2D eigenvalue weighted by Crippen LogP contribution is 2.32. The molecule has 2 aromatic rings. The molecule has 1 aliphatic carbocycles. The van der Waals surface area contributed by atoms with Gasteiger partial charge in [0.1, 0.15) is 4.88 Å². The molecule has 116 valence electrons. The monoisotopic (exact) mass is 356 g/mol. The normalized spacial score (nSPS) is 13.2. The number of hydrogen-bond acceptors (Lipinski definition) is 6.